The second-order valence-corrected chi connectivity index (χ2v) is 7.97. The summed E-state index contributed by atoms with van der Waals surface area (Å²) in [6.07, 6.45) is 4.17. The van der Waals surface area contributed by atoms with Gasteiger partial charge in [0.1, 0.15) is 4.83 Å². The van der Waals surface area contributed by atoms with Crippen LogP contribution in [0, 0.1) is 5.92 Å². The number of thiophene rings is 1. The minimum atomic E-state index is 0. The SMILES string of the molecule is CC1(C)C(NC(=O)c2cc3cccnc3s2)C2CCN1CC2.Cl. The minimum absolute atomic E-state index is 0. The monoisotopic (exact) mass is 351 g/mol. The fraction of sp³-hybridized carbons (Fsp3) is 0.529. The molecule has 0 aliphatic carbocycles. The van der Waals surface area contributed by atoms with Crippen molar-refractivity contribution in [1.82, 2.24) is 15.2 Å². The van der Waals surface area contributed by atoms with Crippen molar-refractivity contribution in [2.75, 3.05) is 13.1 Å². The number of aromatic nitrogens is 1. The third-order valence-corrected chi connectivity index (χ3v) is 6.45. The first-order chi connectivity index (χ1) is 10.6. The molecule has 23 heavy (non-hydrogen) atoms. The van der Waals surface area contributed by atoms with Crippen LogP contribution in [0.3, 0.4) is 0 Å². The van der Waals surface area contributed by atoms with E-state index >= 15 is 0 Å². The first kappa shape index (κ1) is 16.7. The Bertz CT molecular complexity index is 688. The predicted molar refractivity (Wildman–Crippen MR) is 96.5 cm³/mol. The molecule has 4 nitrogen and oxygen atoms in total. The summed E-state index contributed by atoms with van der Waals surface area (Å²) < 4.78 is 0. The molecule has 1 unspecified atom stereocenters. The predicted octanol–water partition coefficient (Wildman–Crippen LogP) is 3.32. The Kier molecular flexibility index (Phi) is 4.38. The molecule has 2 aromatic rings. The summed E-state index contributed by atoms with van der Waals surface area (Å²) in [6.45, 7) is 6.85. The summed E-state index contributed by atoms with van der Waals surface area (Å²) in [6, 6.07) is 6.11. The number of rotatable bonds is 2. The number of pyridine rings is 1. The van der Waals surface area contributed by atoms with E-state index in [0.717, 1.165) is 28.2 Å². The third-order valence-electron chi connectivity index (χ3n) is 5.39. The van der Waals surface area contributed by atoms with Crippen molar-refractivity contribution in [3.63, 3.8) is 0 Å². The highest BCUT2D eigenvalue weighted by Crippen LogP contribution is 2.39. The van der Waals surface area contributed by atoms with Crippen LogP contribution in [0.25, 0.3) is 10.2 Å². The number of carbonyl (C=O) groups is 1. The molecule has 2 bridgehead atoms. The standard InChI is InChI=1S/C17H21N3OS.ClH/c1-17(2)14(11-5-8-20(17)9-6-11)19-15(21)13-10-12-4-3-7-18-16(12)22-13;/h3-4,7,10-11,14H,5-6,8-9H2,1-2H3,(H,19,21);1H. The maximum absolute atomic E-state index is 12.7. The molecule has 5 heterocycles. The van der Waals surface area contributed by atoms with Gasteiger partial charge in [0.05, 0.1) is 4.88 Å². The van der Waals surface area contributed by atoms with Gasteiger partial charge in [-0.3, -0.25) is 9.69 Å². The smallest absolute Gasteiger partial charge is 0.261 e. The fourth-order valence-electron chi connectivity index (χ4n) is 4.07. The Hall–Kier alpha value is -1.17. The lowest BCUT2D eigenvalue weighted by Crippen LogP contribution is -2.69. The number of hydrogen-bond donors (Lipinski definition) is 1. The second-order valence-electron chi connectivity index (χ2n) is 6.94. The van der Waals surface area contributed by atoms with Gasteiger partial charge in [-0.05, 0) is 57.8 Å². The van der Waals surface area contributed by atoms with E-state index in [9.17, 15) is 4.79 Å². The average Bonchev–Trinajstić information content (AvgIpc) is 2.95. The molecule has 1 atom stereocenters. The van der Waals surface area contributed by atoms with E-state index in [1.54, 1.807) is 6.20 Å². The lowest BCUT2D eigenvalue weighted by atomic mass is 9.72. The van der Waals surface area contributed by atoms with Gasteiger partial charge in [-0.2, -0.15) is 0 Å². The summed E-state index contributed by atoms with van der Waals surface area (Å²) in [5.74, 6) is 0.659. The van der Waals surface area contributed by atoms with E-state index in [1.165, 1.54) is 24.2 Å². The molecular weight excluding hydrogens is 330 g/mol. The van der Waals surface area contributed by atoms with Crippen LogP contribution in [0.15, 0.2) is 24.4 Å². The number of hydrogen-bond acceptors (Lipinski definition) is 4. The van der Waals surface area contributed by atoms with Gasteiger partial charge >= 0.3 is 0 Å². The number of piperidine rings is 3. The van der Waals surface area contributed by atoms with Crippen LogP contribution in [0.2, 0.25) is 0 Å². The average molecular weight is 352 g/mol. The number of nitrogens with zero attached hydrogens (tertiary/aromatic N) is 2. The van der Waals surface area contributed by atoms with Gasteiger partial charge in [-0.1, -0.05) is 6.07 Å². The zero-order chi connectivity index (χ0) is 15.3. The zero-order valence-corrected chi connectivity index (χ0v) is 15.0. The lowest BCUT2D eigenvalue weighted by Gasteiger charge is -2.56. The zero-order valence-electron chi connectivity index (χ0n) is 13.4. The Morgan fingerprint density at radius 1 is 1.39 bits per heavy atom. The van der Waals surface area contributed by atoms with Gasteiger partial charge in [-0.25, -0.2) is 4.98 Å². The molecule has 0 saturated carbocycles. The van der Waals surface area contributed by atoms with Gasteiger partial charge in [0.2, 0.25) is 0 Å². The summed E-state index contributed by atoms with van der Waals surface area (Å²) in [5.41, 5.74) is 0.0474. The van der Waals surface area contributed by atoms with Crippen LogP contribution in [-0.2, 0) is 0 Å². The van der Waals surface area contributed by atoms with Gasteiger partial charge in [0.25, 0.3) is 5.91 Å². The Balaban J connectivity index is 0.00000156. The molecule has 3 aliphatic heterocycles. The largest absolute Gasteiger partial charge is 0.346 e. The molecule has 3 fully saturated rings. The van der Waals surface area contributed by atoms with Gasteiger partial charge in [-0.15, -0.1) is 23.7 Å². The number of fused-ring (bicyclic) bond motifs is 4. The molecule has 3 saturated heterocycles. The Morgan fingerprint density at radius 3 is 2.78 bits per heavy atom. The molecule has 3 aliphatic rings. The normalized spacial score (nSPS) is 28.3. The van der Waals surface area contributed by atoms with E-state index in [0.29, 0.717) is 5.92 Å². The summed E-state index contributed by atoms with van der Waals surface area (Å²) in [5, 5.41) is 4.37. The number of nitrogens with one attached hydrogen (secondary N) is 1. The van der Waals surface area contributed by atoms with Crippen molar-refractivity contribution in [3.05, 3.63) is 29.3 Å². The van der Waals surface area contributed by atoms with Crippen LogP contribution >= 0.6 is 23.7 Å². The first-order valence-corrected chi connectivity index (χ1v) is 8.78. The second kappa shape index (κ2) is 6.04. The summed E-state index contributed by atoms with van der Waals surface area (Å²) in [4.78, 5) is 21.2. The molecular formula is C17H22ClN3OS. The molecule has 0 spiro atoms. The van der Waals surface area contributed by atoms with E-state index in [-0.39, 0.29) is 29.9 Å². The van der Waals surface area contributed by atoms with Crippen LogP contribution in [0.5, 0.6) is 0 Å². The quantitative estimate of drug-likeness (QED) is 0.902. The van der Waals surface area contributed by atoms with Crippen molar-refractivity contribution in [3.8, 4) is 0 Å². The van der Waals surface area contributed by atoms with E-state index in [4.69, 9.17) is 0 Å². The van der Waals surface area contributed by atoms with Crippen LogP contribution in [-0.4, -0.2) is 40.5 Å². The Morgan fingerprint density at radius 2 is 2.13 bits per heavy atom. The minimum Gasteiger partial charge on any atom is -0.346 e. The highest BCUT2D eigenvalue weighted by atomic mass is 35.5. The van der Waals surface area contributed by atoms with Crippen molar-refractivity contribution in [2.45, 2.75) is 38.3 Å². The topological polar surface area (TPSA) is 45.2 Å². The molecule has 0 radical (unpaired) electrons. The van der Waals surface area contributed by atoms with Gasteiger partial charge in [0.15, 0.2) is 0 Å². The van der Waals surface area contributed by atoms with Crippen molar-refractivity contribution in [1.29, 1.82) is 0 Å². The fourth-order valence-corrected chi connectivity index (χ4v) is 4.98. The molecule has 124 valence electrons. The highest BCUT2D eigenvalue weighted by molar-refractivity contribution is 7.20. The van der Waals surface area contributed by atoms with Crippen molar-refractivity contribution < 1.29 is 4.79 Å². The number of halogens is 1. The summed E-state index contributed by atoms with van der Waals surface area (Å²) >= 11 is 1.48. The van der Waals surface area contributed by atoms with E-state index < -0.39 is 0 Å². The maximum Gasteiger partial charge on any atom is 0.261 e. The Labute approximate surface area is 146 Å². The molecule has 1 N–H and O–H groups in total. The first-order valence-electron chi connectivity index (χ1n) is 7.96. The van der Waals surface area contributed by atoms with Gasteiger partial charge in [0, 0.05) is 23.2 Å². The third kappa shape index (κ3) is 2.75. The van der Waals surface area contributed by atoms with Crippen molar-refractivity contribution in [2.24, 2.45) is 5.92 Å². The van der Waals surface area contributed by atoms with E-state index in [1.807, 2.05) is 18.2 Å². The molecule has 0 aromatic carbocycles. The molecule has 5 rings (SSSR count). The van der Waals surface area contributed by atoms with Crippen molar-refractivity contribution >= 4 is 39.9 Å². The number of amides is 1. The maximum atomic E-state index is 12.7. The van der Waals surface area contributed by atoms with Crippen LogP contribution < -0.4 is 5.32 Å². The van der Waals surface area contributed by atoms with Crippen LogP contribution in [0.1, 0.15) is 36.4 Å². The highest BCUT2D eigenvalue weighted by Gasteiger charge is 2.48. The lowest BCUT2D eigenvalue weighted by molar-refractivity contribution is -0.0377. The number of carbonyl (C=O) groups excluding carboxylic acids is 1. The summed E-state index contributed by atoms with van der Waals surface area (Å²) in [7, 11) is 0. The molecule has 1 amide bonds. The van der Waals surface area contributed by atoms with Gasteiger partial charge < -0.3 is 5.32 Å². The van der Waals surface area contributed by atoms with E-state index in [2.05, 4.69) is 29.0 Å². The molecule has 6 heteroatoms. The molecule has 2 aromatic heterocycles. The van der Waals surface area contributed by atoms with Crippen LogP contribution in [0.4, 0.5) is 0 Å².